The van der Waals surface area contributed by atoms with Crippen LogP contribution in [0.25, 0.3) is 0 Å². The van der Waals surface area contributed by atoms with Crippen molar-refractivity contribution >= 4 is 40.7 Å². The van der Waals surface area contributed by atoms with E-state index in [-0.39, 0.29) is 47.2 Å². The Morgan fingerprint density at radius 3 is 2.22 bits per heavy atom. The van der Waals surface area contributed by atoms with Crippen molar-refractivity contribution in [2.45, 2.75) is 85.0 Å². The number of benzene rings is 2. The van der Waals surface area contributed by atoms with E-state index in [1.54, 1.807) is 33.8 Å². The predicted octanol–water partition coefficient (Wildman–Crippen LogP) is 3.68. The van der Waals surface area contributed by atoms with Gasteiger partial charge in [-0.25, -0.2) is 9.18 Å². The number of Topliss-reactive ketones (excluding diaryl/α,β-unsaturated/α-hetero) is 3. The van der Waals surface area contributed by atoms with Crippen LogP contribution in [-0.2, 0) is 16.0 Å². The Morgan fingerprint density at radius 1 is 1.04 bits per heavy atom. The Labute approximate surface area is 283 Å². The minimum atomic E-state index is -2.65. The number of primary amides is 1. The fourth-order valence-corrected chi connectivity index (χ4v) is 9.40. The molecule has 2 fully saturated rings. The standard InChI is InChI=1S/C36H44FN3O9/c1-14(2)18-11-22(40-33(48)39-17-8-9-21(37)19(10-17)16(5)41)27(42)23-20(18)12-34(6)13-35(7)25(15(3)4)29(44)24(32(38)47)30(45)36(35,49)31(46)26(34)28(23)43/h8-11,14-15,24-26,29,31,42,44,46,49H,12-13H2,1-7H3,(H2,38,47)(H2,39,40,48)/t24-,25+,26-,29?,31?,34-,35-,36+/m1/s1. The number of anilines is 2. The van der Waals surface area contributed by atoms with Crippen molar-refractivity contribution in [2.24, 2.45) is 40.2 Å². The maximum atomic E-state index is 14.6. The first-order valence-electron chi connectivity index (χ1n) is 16.4. The summed E-state index contributed by atoms with van der Waals surface area (Å²) in [7, 11) is 0. The fraction of sp³-hybridized carbons (Fsp3) is 0.528. The largest absolute Gasteiger partial charge is 0.505 e. The summed E-state index contributed by atoms with van der Waals surface area (Å²) < 4.78 is 14.0. The summed E-state index contributed by atoms with van der Waals surface area (Å²) in [6.45, 7) is 11.8. The van der Waals surface area contributed by atoms with Gasteiger partial charge in [0.2, 0.25) is 5.91 Å². The van der Waals surface area contributed by atoms with Crippen LogP contribution < -0.4 is 16.4 Å². The van der Waals surface area contributed by atoms with Gasteiger partial charge in [-0.3, -0.25) is 19.2 Å². The summed E-state index contributed by atoms with van der Waals surface area (Å²) in [5.74, 6) is -9.72. The topological polar surface area (TPSA) is 216 Å². The number of carbonyl (C=O) groups excluding carboxylic acids is 5. The van der Waals surface area contributed by atoms with Crippen LogP contribution in [0.4, 0.5) is 20.6 Å². The molecule has 0 spiro atoms. The molecule has 3 amide bonds. The smallest absolute Gasteiger partial charge is 0.323 e. The number of rotatable bonds is 6. The van der Waals surface area contributed by atoms with Gasteiger partial charge >= 0.3 is 6.03 Å². The highest BCUT2D eigenvalue weighted by molar-refractivity contribution is 6.11. The molecule has 2 saturated carbocycles. The molecule has 13 heteroatoms. The lowest BCUT2D eigenvalue weighted by atomic mass is 9.39. The number of aliphatic hydroxyl groups is 3. The van der Waals surface area contributed by atoms with Gasteiger partial charge in [0.05, 0.1) is 28.8 Å². The molecule has 3 aliphatic carbocycles. The van der Waals surface area contributed by atoms with E-state index in [0.717, 1.165) is 12.1 Å². The second-order valence-corrected chi connectivity index (χ2v) is 15.2. The highest BCUT2D eigenvalue weighted by Gasteiger charge is 2.76. The van der Waals surface area contributed by atoms with Crippen LogP contribution in [0.1, 0.15) is 92.6 Å². The molecule has 0 aliphatic heterocycles. The van der Waals surface area contributed by atoms with Gasteiger partial charge in [0.25, 0.3) is 0 Å². The number of amides is 3. The number of carbonyl (C=O) groups is 5. The van der Waals surface area contributed by atoms with Crippen molar-refractivity contribution < 1.29 is 48.8 Å². The number of hydrogen-bond acceptors (Lipinski definition) is 9. The zero-order valence-electron chi connectivity index (χ0n) is 28.6. The summed E-state index contributed by atoms with van der Waals surface area (Å²) in [5, 5.41) is 52.2. The fourth-order valence-electron chi connectivity index (χ4n) is 9.40. The molecule has 3 aliphatic rings. The van der Waals surface area contributed by atoms with Crippen molar-refractivity contribution in [1.82, 2.24) is 0 Å². The zero-order valence-corrected chi connectivity index (χ0v) is 28.6. The normalized spacial score (nSPS) is 32.3. The number of phenolic OH excluding ortho intramolecular Hbond substituents is 1. The van der Waals surface area contributed by atoms with Crippen LogP contribution in [0.3, 0.4) is 0 Å². The Balaban J connectivity index is 1.60. The summed E-state index contributed by atoms with van der Waals surface area (Å²) in [5.41, 5.74) is 0.925. The Morgan fingerprint density at radius 2 is 1.67 bits per heavy atom. The van der Waals surface area contributed by atoms with Crippen LogP contribution in [0.5, 0.6) is 5.75 Å². The van der Waals surface area contributed by atoms with Gasteiger partial charge in [0.15, 0.2) is 23.0 Å². The summed E-state index contributed by atoms with van der Waals surface area (Å²) >= 11 is 0. The Kier molecular flexibility index (Phi) is 8.83. The Bertz CT molecular complexity index is 1790. The molecule has 49 heavy (non-hydrogen) atoms. The lowest BCUT2D eigenvalue weighted by Gasteiger charge is -2.66. The molecule has 5 rings (SSSR count). The first-order chi connectivity index (χ1) is 22.6. The third-order valence-corrected chi connectivity index (χ3v) is 11.3. The van der Waals surface area contributed by atoms with Crippen LogP contribution in [0.15, 0.2) is 24.3 Å². The van der Waals surface area contributed by atoms with Crippen LogP contribution >= 0.6 is 0 Å². The average Bonchev–Trinajstić information content (AvgIpc) is 2.96. The molecule has 0 radical (unpaired) electrons. The number of nitrogens with two attached hydrogens (primary N) is 1. The third-order valence-electron chi connectivity index (χ3n) is 11.3. The van der Waals surface area contributed by atoms with E-state index in [2.05, 4.69) is 10.6 Å². The molecule has 8 atom stereocenters. The van der Waals surface area contributed by atoms with E-state index in [4.69, 9.17) is 5.73 Å². The number of aliphatic hydroxyl groups excluding tert-OH is 2. The highest BCUT2D eigenvalue weighted by atomic mass is 19.1. The number of hydrogen-bond donors (Lipinski definition) is 7. The third kappa shape index (κ3) is 5.24. The summed E-state index contributed by atoms with van der Waals surface area (Å²) in [4.78, 5) is 65.8. The second-order valence-electron chi connectivity index (χ2n) is 15.2. The second kappa shape index (κ2) is 12.0. The van der Waals surface area contributed by atoms with Gasteiger partial charge in [-0.05, 0) is 78.3 Å². The van der Waals surface area contributed by atoms with E-state index < -0.39 is 87.2 Å². The SMILES string of the molecule is CC(=O)c1cc(NC(=O)Nc2cc(C(C)C)c3c(c2O)C(=O)[C@@H]2C(O)[C@@]4(O)C(=O)[C@H](C(N)=O)C(O)[C@H](C(C)C)[C@@]4(C)C[C@@]2(C)C3)ccc1F. The number of nitrogens with one attached hydrogen (secondary N) is 2. The number of fused-ring (bicyclic) bond motifs is 3. The summed E-state index contributed by atoms with van der Waals surface area (Å²) in [6, 6.07) is 4.11. The number of halogens is 1. The van der Waals surface area contributed by atoms with Crippen molar-refractivity contribution in [3.8, 4) is 5.75 Å². The lowest BCUT2D eigenvalue weighted by molar-refractivity contribution is -0.265. The lowest BCUT2D eigenvalue weighted by Crippen LogP contribution is -2.79. The average molecular weight is 682 g/mol. The molecule has 264 valence electrons. The van der Waals surface area contributed by atoms with Gasteiger partial charge in [-0.15, -0.1) is 0 Å². The molecule has 0 bridgehead atoms. The van der Waals surface area contributed by atoms with E-state index in [1.807, 2.05) is 13.8 Å². The van der Waals surface area contributed by atoms with Gasteiger partial charge in [0, 0.05) is 11.1 Å². The van der Waals surface area contributed by atoms with Crippen LogP contribution in [-0.4, -0.2) is 67.5 Å². The highest BCUT2D eigenvalue weighted by Crippen LogP contribution is 2.66. The number of phenols is 1. The maximum absolute atomic E-state index is 14.6. The van der Waals surface area contributed by atoms with Crippen molar-refractivity contribution in [3.05, 3.63) is 52.3 Å². The number of aromatic hydroxyl groups is 1. The first kappa shape index (κ1) is 36.1. The van der Waals surface area contributed by atoms with Gasteiger partial charge in [-0.1, -0.05) is 41.5 Å². The minimum Gasteiger partial charge on any atom is -0.505 e. The van der Waals surface area contributed by atoms with Crippen molar-refractivity contribution in [3.63, 3.8) is 0 Å². The molecule has 0 aromatic heterocycles. The number of urea groups is 1. The molecule has 0 heterocycles. The molecular weight excluding hydrogens is 637 g/mol. The van der Waals surface area contributed by atoms with Crippen molar-refractivity contribution in [2.75, 3.05) is 10.6 Å². The van der Waals surface area contributed by atoms with E-state index in [0.29, 0.717) is 11.1 Å². The van der Waals surface area contributed by atoms with Gasteiger partial charge in [-0.2, -0.15) is 0 Å². The molecule has 12 nitrogen and oxygen atoms in total. The maximum Gasteiger partial charge on any atom is 0.323 e. The molecule has 2 unspecified atom stereocenters. The van der Waals surface area contributed by atoms with E-state index in [1.165, 1.54) is 13.0 Å². The quantitative estimate of drug-likeness (QED) is 0.134. The molecule has 8 N–H and O–H groups in total. The summed E-state index contributed by atoms with van der Waals surface area (Å²) in [6.07, 6.45) is -3.45. The van der Waals surface area contributed by atoms with E-state index >= 15 is 0 Å². The minimum absolute atomic E-state index is 0.00115. The predicted molar refractivity (Wildman–Crippen MR) is 177 cm³/mol. The monoisotopic (exact) mass is 681 g/mol. The van der Waals surface area contributed by atoms with Crippen LogP contribution in [0.2, 0.25) is 0 Å². The van der Waals surface area contributed by atoms with Crippen molar-refractivity contribution in [1.29, 1.82) is 0 Å². The van der Waals surface area contributed by atoms with Gasteiger partial charge in [0.1, 0.15) is 23.6 Å². The first-order valence-corrected chi connectivity index (χ1v) is 16.4. The number of ketones is 3. The molecule has 2 aromatic carbocycles. The zero-order chi connectivity index (χ0) is 36.7. The van der Waals surface area contributed by atoms with E-state index in [9.17, 15) is 48.8 Å². The van der Waals surface area contributed by atoms with Gasteiger partial charge < -0.3 is 36.8 Å². The molecule has 2 aromatic rings. The molecular formula is C36H44FN3O9. The molecule has 0 saturated heterocycles. The van der Waals surface area contributed by atoms with Crippen LogP contribution in [0, 0.1) is 40.3 Å². The Hall–Kier alpha value is -4.20.